The molecule has 0 bridgehead atoms. The quantitative estimate of drug-likeness (QED) is 0.373. The summed E-state index contributed by atoms with van der Waals surface area (Å²) in [5, 5.41) is 3.40. The van der Waals surface area contributed by atoms with Gasteiger partial charge in [0.25, 0.3) is 5.91 Å². The van der Waals surface area contributed by atoms with Crippen LogP contribution in [0.1, 0.15) is 46.3 Å². The number of carbonyl (C=O) groups excluding carboxylic acids is 2. The minimum absolute atomic E-state index is 0.0275. The Hall–Kier alpha value is -2.05. The van der Waals surface area contributed by atoms with Crippen LogP contribution < -0.4 is 0 Å². The summed E-state index contributed by atoms with van der Waals surface area (Å²) in [4.78, 5) is 31.6. The van der Waals surface area contributed by atoms with Gasteiger partial charge >= 0.3 is 0 Å². The van der Waals surface area contributed by atoms with E-state index in [0.717, 1.165) is 17.5 Å². The predicted molar refractivity (Wildman–Crippen MR) is 136 cm³/mol. The van der Waals surface area contributed by atoms with E-state index in [2.05, 4.69) is 11.4 Å². The molecule has 8 heteroatoms. The molecule has 2 aromatic carbocycles. The van der Waals surface area contributed by atoms with Gasteiger partial charge in [0.15, 0.2) is 0 Å². The number of hydrogen-bond acceptors (Lipinski definition) is 3. The number of benzene rings is 2. The number of carbonyl (C=O) groups is 2. The van der Waals surface area contributed by atoms with Crippen molar-refractivity contribution >= 4 is 58.0 Å². The molecule has 0 aliphatic carbocycles. The summed E-state index contributed by atoms with van der Waals surface area (Å²) in [7, 11) is 0. The second kappa shape index (κ2) is 10.1. The maximum atomic E-state index is 13.6. The zero-order valence-corrected chi connectivity index (χ0v) is 21.3. The Kier molecular flexibility index (Phi) is 7.34. The lowest BCUT2D eigenvalue weighted by molar-refractivity contribution is -0.134. The summed E-state index contributed by atoms with van der Waals surface area (Å²) in [6.07, 6.45) is 0.797. The van der Waals surface area contributed by atoms with Gasteiger partial charge in [0.05, 0.1) is 16.1 Å². The van der Waals surface area contributed by atoms with Gasteiger partial charge in [-0.3, -0.25) is 9.59 Å². The molecule has 172 valence electrons. The zero-order valence-electron chi connectivity index (χ0n) is 18.2. The summed E-state index contributed by atoms with van der Waals surface area (Å²) >= 11 is 19.9. The van der Waals surface area contributed by atoms with Crippen molar-refractivity contribution in [1.82, 2.24) is 9.80 Å². The lowest BCUT2D eigenvalue weighted by atomic mass is 9.93. The lowest BCUT2D eigenvalue weighted by Crippen LogP contribution is -2.48. The van der Waals surface area contributed by atoms with Crippen molar-refractivity contribution < 1.29 is 9.59 Å². The molecular weight excluding hydrogens is 499 g/mol. The van der Waals surface area contributed by atoms with Crippen molar-refractivity contribution in [2.45, 2.75) is 32.4 Å². The van der Waals surface area contributed by atoms with Crippen LogP contribution in [0.25, 0.3) is 0 Å². The zero-order chi connectivity index (χ0) is 23.7. The van der Waals surface area contributed by atoms with Crippen molar-refractivity contribution in [3.05, 3.63) is 90.5 Å². The van der Waals surface area contributed by atoms with E-state index in [-0.39, 0.29) is 30.4 Å². The van der Waals surface area contributed by atoms with E-state index in [1.165, 1.54) is 4.88 Å². The van der Waals surface area contributed by atoms with Crippen LogP contribution in [-0.4, -0.2) is 40.7 Å². The molecule has 0 saturated heterocycles. The highest BCUT2D eigenvalue weighted by Crippen LogP contribution is 2.38. The van der Waals surface area contributed by atoms with Crippen molar-refractivity contribution in [3.8, 4) is 0 Å². The molecule has 4 nitrogen and oxygen atoms in total. The Balaban J connectivity index is 1.62. The maximum Gasteiger partial charge on any atom is 0.254 e. The summed E-state index contributed by atoms with van der Waals surface area (Å²) in [6.45, 7) is 4.35. The number of halogens is 3. The van der Waals surface area contributed by atoms with Crippen LogP contribution in [0.15, 0.2) is 53.9 Å². The largest absolute Gasteiger partial charge is 0.330 e. The van der Waals surface area contributed by atoms with E-state index >= 15 is 0 Å². The lowest BCUT2D eigenvalue weighted by Gasteiger charge is -2.38. The highest BCUT2D eigenvalue weighted by Gasteiger charge is 2.34. The van der Waals surface area contributed by atoms with E-state index < -0.39 is 0 Å². The summed E-state index contributed by atoms with van der Waals surface area (Å²) < 4.78 is 0. The molecule has 1 atom stereocenters. The minimum Gasteiger partial charge on any atom is -0.330 e. The van der Waals surface area contributed by atoms with Crippen LogP contribution in [0.4, 0.5) is 0 Å². The Morgan fingerprint density at radius 2 is 1.79 bits per heavy atom. The number of nitrogens with zero attached hydrogens (tertiary/aromatic N) is 2. The van der Waals surface area contributed by atoms with E-state index in [1.807, 2.05) is 43.0 Å². The van der Waals surface area contributed by atoms with Gasteiger partial charge in [0.1, 0.15) is 6.54 Å². The van der Waals surface area contributed by atoms with Crippen molar-refractivity contribution in [3.63, 3.8) is 0 Å². The molecule has 0 radical (unpaired) electrons. The van der Waals surface area contributed by atoms with Crippen molar-refractivity contribution in [1.29, 1.82) is 0 Å². The Morgan fingerprint density at radius 1 is 1.06 bits per heavy atom. The fourth-order valence-corrected chi connectivity index (χ4v) is 5.44. The van der Waals surface area contributed by atoms with Crippen molar-refractivity contribution in [2.75, 3.05) is 13.1 Å². The molecule has 0 fully saturated rings. The molecular formula is C25H23Cl3N2O2S. The molecule has 2 amide bonds. The van der Waals surface area contributed by atoms with E-state index in [9.17, 15) is 9.59 Å². The predicted octanol–water partition coefficient (Wildman–Crippen LogP) is 6.73. The summed E-state index contributed by atoms with van der Waals surface area (Å²) in [6, 6.07) is 14.1. The standard InChI is InChI=1S/C25H23Cl3N2O2S/c1-15(2)30(25(32)17-5-8-20(27)21(28)13-17)14-23(31)29-11-9-22-19(10-12-33-22)24(29)16-3-6-18(26)7-4-16/h3-8,10,12-13,15,24H,9,11,14H2,1-2H3. The van der Waals surface area contributed by atoms with Gasteiger partial charge < -0.3 is 9.80 Å². The molecule has 2 heterocycles. The molecule has 1 aromatic heterocycles. The first-order valence-corrected chi connectivity index (χ1v) is 12.6. The molecule has 1 unspecified atom stereocenters. The molecule has 1 aliphatic rings. The Morgan fingerprint density at radius 3 is 2.45 bits per heavy atom. The second-order valence-electron chi connectivity index (χ2n) is 8.25. The third kappa shape index (κ3) is 5.07. The monoisotopic (exact) mass is 520 g/mol. The van der Waals surface area contributed by atoms with E-state index in [1.54, 1.807) is 34.4 Å². The van der Waals surface area contributed by atoms with Gasteiger partial charge in [-0.05, 0) is 73.2 Å². The molecule has 4 rings (SSSR count). The number of amides is 2. The van der Waals surface area contributed by atoms with Crippen molar-refractivity contribution in [2.24, 2.45) is 0 Å². The van der Waals surface area contributed by atoms with Crippen LogP contribution in [0.5, 0.6) is 0 Å². The van der Waals surface area contributed by atoms with Crippen LogP contribution in [0.3, 0.4) is 0 Å². The Bertz CT molecular complexity index is 1180. The first kappa shape index (κ1) is 24.1. The Labute approximate surface area is 212 Å². The van der Waals surface area contributed by atoms with E-state index in [0.29, 0.717) is 27.2 Å². The third-order valence-electron chi connectivity index (χ3n) is 5.83. The van der Waals surface area contributed by atoms with E-state index in [4.69, 9.17) is 34.8 Å². The molecule has 0 saturated carbocycles. The fraction of sp³-hybridized carbons (Fsp3) is 0.280. The number of fused-ring (bicyclic) bond motifs is 1. The number of hydrogen-bond donors (Lipinski definition) is 0. The highest BCUT2D eigenvalue weighted by molar-refractivity contribution is 7.10. The maximum absolute atomic E-state index is 13.6. The molecule has 33 heavy (non-hydrogen) atoms. The van der Waals surface area contributed by atoms with Gasteiger partial charge in [0.2, 0.25) is 5.91 Å². The normalized spacial score (nSPS) is 15.5. The first-order valence-electron chi connectivity index (χ1n) is 10.6. The summed E-state index contributed by atoms with van der Waals surface area (Å²) in [5.41, 5.74) is 2.53. The third-order valence-corrected chi connectivity index (χ3v) is 7.82. The van der Waals surface area contributed by atoms with Crippen LogP contribution >= 0.6 is 46.1 Å². The molecule has 0 spiro atoms. The van der Waals surface area contributed by atoms with Gasteiger partial charge in [0, 0.05) is 28.0 Å². The number of thiophene rings is 1. The minimum atomic E-state index is -0.256. The average molecular weight is 522 g/mol. The summed E-state index contributed by atoms with van der Waals surface area (Å²) in [5.74, 6) is -0.359. The molecule has 3 aromatic rings. The van der Waals surface area contributed by atoms with Crippen LogP contribution in [-0.2, 0) is 11.2 Å². The average Bonchev–Trinajstić information content (AvgIpc) is 3.27. The SMILES string of the molecule is CC(C)N(CC(=O)N1CCc2sccc2C1c1ccc(Cl)cc1)C(=O)c1ccc(Cl)c(Cl)c1. The second-order valence-corrected chi connectivity index (χ2v) is 10.5. The van der Waals surface area contributed by atoms with Gasteiger partial charge in [-0.25, -0.2) is 0 Å². The first-order chi connectivity index (χ1) is 15.8. The smallest absolute Gasteiger partial charge is 0.254 e. The van der Waals surface area contributed by atoms with Gasteiger partial charge in [-0.2, -0.15) is 0 Å². The van der Waals surface area contributed by atoms with Gasteiger partial charge in [-0.15, -0.1) is 11.3 Å². The highest BCUT2D eigenvalue weighted by atomic mass is 35.5. The number of rotatable bonds is 5. The van der Waals surface area contributed by atoms with Gasteiger partial charge in [-0.1, -0.05) is 46.9 Å². The molecule has 0 N–H and O–H groups in total. The fourth-order valence-electron chi connectivity index (χ4n) is 4.11. The van der Waals surface area contributed by atoms with Crippen LogP contribution in [0.2, 0.25) is 15.1 Å². The topological polar surface area (TPSA) is 40.6 Å². The van der Waals surface area contributed by atoms with Crippen LogP contribution in [0, 0.1) is 0 Å². The molecule has 1 aliphatic heterocycles.